The van der Waals surface area contributed by atoms with Gasteiger partial charge in [-0.3, -0.25) is 4.79 Å². The molecule has 2 aromatic carbocycles. The number of carbonyl (C=O) groups is 1. The lowest BCUT2D eigenvalue weighted by Gasteiger charge is -2.13. The Morgan fingerprint density at radius 1 is 1.10 bits per heavy atom. The third kappa shape index (κ3) is 5.67. The number of rotatable bonds is 6. The van der Waals surface area contributed by atoms with Gasteiger partial charge in [-0.25, -0.2) is 18.1 Å². The van der Waals surface area contributed by atoms with E-state index in [2.05, 4.69) is 15.2 Å². The first-order valence-corrected chi connectivity index (χ1v) is 13.7. The molecule has 0 bridgehead atoms. The molecule has 1 fully saturated rings. The van der Waals surface area contributed by atoms with Crippen molar-refractivity contribution >= 4 is 32.5 Å². The van der Waals surface area contributed by atoms with E-state index >= 15 is 0 Å². The van der Waals surface area contributed by atoms with Gasteiger partial charge in [0, 0.05) is 11.3 Å². The normalized spacial score (nSPS) is 16.8. The quantitative estimate of drug-likeness (QED) is 0.356. The Kier molecular flexibility index (Phi) is 6.70. The Bertz CT molecular complexity index is 1670. The number of nitrogens with one attached hydrogen (secondary N) is 1. The van der Waals surface area contributed by atoms with Crippen molar-refractivity contribution in [1.82, 2.24) is 14.8 Å². The molecule has 1 atom stereocenters. The molecule has 204 valence electrons. The maximum atomic E-state index is 13.5. The summed E-state index contributed by atoms with van der Waals surface area (Å²) in [6.45, 7) is 1.70. The van der Waals surface area contributed by atoms with Crippen molar-refractivity contribution < 1.29 is 35.9 Å². The van der Waals surface area contributed by atoms with E-state index in [1.807, 2.05) is 0 Å². The standard InChI is InChI=1S/C26H23F3N4O5S/c1-15-23-21(25(34)30-17-6-8-19(9-7-17)38-26(27,28)29)13-22(16-4-3-5-20(12-16)37-2)31-24(23)33(32-15)18-10-11-39(35,36)14-18/h3-9,12-13,18H,10-11,14H2,1-2H3,(H,30,34). The minimum Gasteiger partial charge on any atom is -0.497 e. The summed E-state index contributed by atoms with van der Waals surface area (Å²) >= 11 is 0. The van der Waals surface area contributed by atoms with Gasteiger partial charge in [-0.05, 0) is 55.8 Å². The van der Waals surface area contributed by atoms with E-state index in [9.17, 15) is 26.4 Å². The number of hydrogen-bond acceptors (Lipinski definition) is 7. The van der Waals surface area contributed by atoms with Gasteiger partial charge in [0.25, 0.3) is 5.91 Å². The summed E-state index contributed by atoms with van der Waals surface area (Å²) in [5.41, 5.74) is 2.39. The summed E-state index contributed by atoms with van der Waals surface area (Å²) in [5.74, 6) is -0.432. The van der Waals surface area contributed by atoms with Gasteiger partial charge in [-0.2, -0.15) is 5.10 Å². The zero-order valence-corrected chi connectivity index (χ0v) is 21.6. The van der Waals surface area contributed by atoms with Crippen molar-refractivity contribution in [3.8, 4) is 22.8 Å². The molecule has 3 heterocycles. The van der Waals surface area contributed by atoms with Gasteiger partial charge in [-0.1, -0.05) is 12.1 Å². The van der Waals surface area contributed by atoms with E-state index in [-0.39, 0.29) is 22.8 Å². The highest BCUT2D eigenvalue weighted by Crippen LogP contribution is 2.33. The summed E-state index contributed by atoms with van der Waals surface area (Å²) in [7, 11) is -1.70. The van der Waals surface area contributed by atoms with Gasteiger partial charge in [0.15, 0.2) is 15.5 Å². The fourth-order valence-corrected chi connectivity index (χ4v) is 6.28. The molecule has 0 aliphatic carbocycles. The van der Waals surface area contributed by atoms with Crippen LogP contribution >= 0.6 is 0 Å². The molecule has 13 heteroatoms. The number of methoxy groups -OCH3 is 1. The van der Waals surface area contributed by atoms with Gasteiger partial charge in [-0.15, -0.1) is 13.2 Å². The molecule has 1 aliphatic rings. The minimum absolute atomic E-state index is 0.0367. The van der Waals surface area contributed by atoms with Crippen LogP contribution in [0.15, 0.2) is 54.6 Å². The molecule has 0 saturated carbocycles. The lowest BCUT2D eigenvalue weighted by molar-refractivity contribution is -0.274. The van der Waals surface area contributed by atoms with Gasteiger partial charge in [0.1, 0.15) is 11.5 Å². The van der Waals surface area contributed by atoms with Gasteiger partial charge in [0.05, 0.1) is 47.0 Å². The summed E-state index contributed by atoms with van der Waals surface area (Å²) in [6, 6.07) is 13.0. The minimum atomic E-state index is -4.83. The summed E-state index contributed by atoms with van der Waals surface area (Å²) in [4.78, 5) is 18.3. The summed E-state index contributed by atoms with van der Waals surface area (Å²) in [5, 5.41) is 7.71. The molecule has 0 radical (unpaired) electrons. The Balaban J connectivity index is 1.58. The number of fused-ring (bicyclic) bond motifs is 1. The second kappa shape index (κ2) is 9.88. The zero-order valence-electron chi connectivity index (χ0n) is 20.8. The first-order valence-electron chi connectivity index (χ1n) is 11.8. The Morgan fingerprint density at radius 2 is 1.85 bits per heavy atom. The van der Waals surface area contributed by atoms with Crippen LogP contribution in [0.4, 0.5) is 18.9 Å². The Hall–Kier alpha value is -4.13. The second-order valence-electron chi connectivity index (χ2n) is 9.10. The predicted octanol–water partition coefficient (Wildman–Crippen LogP) is 4.93. The van der Waals surface area contributed by atoms with Crippen molar-refractivity contribution in [1.29, 1.82) is 0 Å². The Morgan fingerprint density at radius 3 is 2.49 bits per heavy atom. The maximum absolute atomic E-state index is 13.5. The second-order valence-corrected chi connectivity index (χ2v) is 11.3. The number of hydrogen-bond donors (Lipinski definition) is 1. The SMILES string of the molecule is COc1cccc(-c2cc(C(=O)Nc3ccc(OC(F)(F)F)cc3)c3c(C)nn(C4CCS(=O)(=O)C4)c3n2)c1. The monoisotopic (exact) mass is 560 g/mol. The van der Waals surface area contributed by atoms with Crippen LogP contribution in [0.25, 0.3) is 22.3 Å². The highest BCUT2D eigenvalue weighted by molar-refractivity contribution is 7.91. The van der Waals surface area contributed by atoms with Crippen molar-refractivity contribution in [3.05, 3.63) is 65.9 Å². The number of sulfone groups is 1. The van der Waals surface area contributed by atoms with E-state index < -0.39 is 33.9 Å². The van der Waals surface area contributed by atoms with Crippen LogP contribution in [0.5, 0.6) is 11.5 Å². The first-order chi connectivity index (χ1) is 18.4. The van der Waals surface area contributed by atoms with Crippen LogP contribution in [0.1, 0.15) is 28.5 Å². The van der Waals surface area contributed by atoms with Crippen molar-refractivity contribution in [3.63, 3.8) is 0 Å². The molecule has 39 heavy (non-hydrogen) atoms. The number of benzene rings is 2. The molecule has 2 aromatic heterocycles. The lowest BCUT2D eigenvalue weighted by Crippen LogP contribution is -2.17. The molecular weight excluding hydrogens is 537 g/mol. The number of carbonyl (C=O) groups excluding carboxylic acids is 1. The van der Waals surface area contributed by atoms with Crippen LogP contribution in [0.2, 0.25) is 0 Å². The average molecular weight is 561 g/mol. The van der Waals surface area contributed by atoms with Gasteiger partial charge >= 0.3 is 6.36 Å². The maximum Gasteiger partial charge on any atom is 0.573 e. The van der Waals surface area contributed by atoms with Crippen LogP contribution < -0.4 is 14.8 Å². The molecular formula is C26H23F3N4O5S. The molecule has 1 N–H and O–H groups in total. The van der Waals surface area contributed by atoms with E-state index in [0.29, 0.717) is 40.2 Å². The van der Waals surface area contributed by atoms with Crippen molar-refractivity contribution in [2.75, 3.05) is 23.9 Å². The highest BCUT2D eigenvalue weighted by atomic mass is 32.2. The number of ether oxygens (including phenoxy) is 2. The number of pyridine rings is 1. The van der Waals surface area contributed by atoms with Crippen molar-refractivity contribution in [2.45, 2.75) is 25.7 Å². The molecule has 4 aromatic rings. The Labute approximate surface area is 221 Å². The molecule has 1 saturated heterocycles. The number of amides is 1. The van der Waals surface area contributed by atoms with Crippen LogP contribution in [-0.4, -0.2) is 54.1 Å². The average Bonchev–Trinajstić information content (AvgIpc) is 3.42. The number of alkyl halides is 3. The van der Waals surface area contributed by atoms with Gasteiger partial charge < -0.3 is 14.8 Å². The third-order valence-corrected chi connectivity index (χ3v) is 8.10. The smallest absolute Gasteiger partial charge is 0.497 e. The number of anilines is 1. The largest absolute Gasteiger partial charge is 0.573 e. The predicted molar refractivity (Wildman–Crippen MR) is 138 cm³/mol. The number of aryl methyl sites for hydroxylation is 1. The van der Waals surface area contributed by atoms with Crippen LogP contribution in [0.3, 0.4) is 0 Å². The molecule has 0 spiro atoms. The van der Waals surface area contributed by atoms with Crippen molar-refractivity contribution in [2.24, 2.45) is 0 Å². The summed E-state index contributed by atoms with van der Waals surface area (Å²) < 4.78 is 72.6. The fraction of sp³-hybridized carbons (Fsp3) is 0.269. The third-order valence-electron chi connectivity index (χ3n) is 6.35. The lowest BCUT2D eigenvalue weighted by atomic mass is 10.0. The number of halogens is 3. The number of aromatic nitrogens is 3. The molecule has 9 nitrogen and oxygen atoms in total. The van der Waals surface area contributed by atoms with Crippen LogP contribution in [0, 0.1) is 6.92 Å². The van der Waals surface area contributed by atoms with Crippen LogP contribution in [-0.2, 0) is 9.84 Å². The number of nitrogens with zero attached hydrogens (tertiary/aromatic N) is 3. The van der Waals surface area contributed by atoms with Gasteiger partial charge in [0.2, 0.25) is 0 Å². The van der Waals surface area contributed by atoms with E-state index in [1.54, 1.807) is 41.9 Å². The fourth-order valence-electron chi connectivity index (χ4n) is 4.58. The van der Waals surface area contributed by atoms with E-state index in [4.69, 9.17) is 9.72 Å². The topological polar surface area (TPSA) is 112 Å². The van der Waals surface area contributed by atoms with E-state index in [0.717, 1.165) is 12.1 Å². The summed E-state index contributed by atoms with van der Waals surface area (Å²) in [6.07, 6.45) is -4.46. The van der Waals surface area contributed by atoms with E-state index in [1.165, 1.54) is 19.2 Å². The molecule has 1 amide bonds. The molecule has 1 aliphatic heterocycles. The highest BCUT2D eigenvalue weighted by Gasteiger charge is 2.33. The first kappa shape index (κ1) is 26.5. The molecule has 1 unspecified atom stereocenters. The molecule has 5 rings (SSSR count). The zero-order chi connectivity index (χ0) is 27.9.